The van der Waals surface area contributed by atoms with E-state index in [2.05, 4.69) is 38.1 Å². The van der Waals surface area contributed by atoms with Crippen molar-refractivity contribution in [3.8, 4) is 0 Å². The number of fused-ring (bicyclic) bond motifs is 1. The van der Waals surface area contributed by atoms with Crippen molar-refractivity contribution in [2.75, 3.05) is 20.5 Å². The van der Waals surface area contributed by atoms with Crippen LogP contribution in [0.3, 0.4) is 0 Å². The van der Waals surface area contributed by atoms with Crippen LogP contribution < -0.4 is 0 Å². The summed E-state index contributed by atoms with van der Waals surface area (Å²) in [6, 6.07) is 20.6. The van der Waals surface area contributed by atoms with Gasteiger partial charge in [-0.15, -0.1) is 0 Å². The van der Waals surface area contributed by atoms with E-state index in [1.807, 2.05) is 36.4 Å². The Hall–Kier alpha value is -2.05. The summed E-state index contributed by atoms with van der Waals surface area (Å²) in [5.74, 6) is 0.402. The first-order chi connectivity index (χ1) is 17.0. The predicted octanol–water partition coefficient (Wildman–Crippen LogP) is 5.95. The van der Waals surface area contributed by atoms with Gasteiger partial charge in [-0.25, -0.2) is 0 Å². The zero-order chi connectivity index (χ0) is 24.7. The van der Waals surface area contributed by atoms with Crippen LogP contribution in [0, 0.1) is 16.7 Å². The van der Waals surface area contributed by atoms with E-state index in [4.69, 9.17) is 18.9 Å². The summed E-state index contributed by atoms with van der Waals surface area (Å²) in [6.45, 7) is 6.43. The molecule has 0 saturated heterocycles. The van der Waals surface area contributed by atoms with E-state index < -0.39 is 5.41 Å². The first kappa shape index (κ1) is 26.0. The Labute approximate surface area is 210 Å². The summed E-state index contributed by atoms with van der Waals surface area (Å²) in [7, 11) is 1.65. The summed E-state index contributed by atoms with van der Waals surface area (Å²) in [4.78, 5) is 13.3. The lowest BCUT2D eigenvalue weighted by Gasteiger charge is -2.59. The molecule has 0 amide bonds. The summed E-state index contributed by atoms with van der Waals surface area (Å²) in [6.07, 6.45) is 3.76. The maximum atomic E-state index is 13.3. The van der Waals surface area contributed by atoms with Crippen LogP contribution in [-0.2, 0) is 37.0 Å². The molecule has 0 heterocycles. The zero-order valence-electron chi connectivity index (χ0n) is 21.4. The van der Waals surface area contributed by atoms with Gasteiger partial charge in [-0.2, -0.15) is 0 Å². The number of methoxy groups -OCH3 is 1. The Kier molecular flexibility index (Phi) is 8.77. The van der Waals surface area contributed by atoms with Crippen molar-refractivity contribution in [3.05, 3.63) is 71.8 Å². The fraction of sp³-hybridized carbons (Fsp3) is 0.567. The molecule has 4 rings (SSSR count). The van der Waals surface area contributed by atoms with E-state index in [1.54, 1.807) is 7.11 Å². The number of hydrogen-bond acceptors (Lipinski definition) is 5. The lowest BCUT2D eigenvalue weighted by molar-refractivity contribution is -0.215. The Morgan fingerprint density at radius 2 is 1.54 bits per heavy atom. The molecule has 2 aliphatic carbocycles. The normalized spacial score (nSPS) is 30.7. The fourth-order valence-corrected chi connectivity index (χ4v) is 6.47. The van der Waals surface area contributed by atoms with Crippen LogP contribution in [0.15, 0.2) is 60.7 Å². The maximum Gasteiger partial charge on any atom is 0.146 e. The molecule has 2 aromatic rings. The molecule has 190 valence electrons. The molecule has 2 aromatic carbocycles. The van der Waals surface area contributed by atoms with Gasteiger partial charge in [0.15, 0.2) is 0 Å². The molecule has 5 heteroatoms. The summed E-state index contributed by atoms with van der Waals surface area (Å²) >= 11 is 0. The highest BCUT2D eigenvalue weighted by atomic mass is 16.7. The van der Waals surface area contributed by atoms with Crippen LogP contribution in [-0.4, -0.2) is 38.5 Å². The third-order valence-corrected chi connectivity index (χ3v) is 8.31. The lowest BCUT2D eigenvalue weighted by atomic mass is 9.48. The van der Waals surface area contributed by atoms with Crippen LogP contribution >= 0.6 is 0 Å². The smallest absolute Gasteiger partial charge is 0.146 e. The lowest BCUT2D eigenvalue weighted by Crippen LogP contribution is -2.61. The van der Waals surface area contributed by atoms with Crippen molar-refractivity contribution in [1.82, 2.24) is 0 Å². The van der Waals surface area contributed by atoms with Crippen LogP contribution in [0.1, 0.15) is 57.1 Å². The topological polar surface area (TPSA) is 54.0 Å². The van der Waals surface area contributed by atoms with Gasteiger partial charge in [0.1, 0.15) is 12.6 Å². The number of benzene rings is 2. The number of ketones is 1. The molecular formula is C30H40O5. The Morgan fingerprint density at radius 1 is 0.886 bits per heavy atom. The highest BCUT2D eigenvalue weighted by Gasteiger charge is 2.61. The van der Waals surface area contributed by atoms with E-state index in [9.17, 15) is 4.79 Å². The Balaban J connectivity index is 1.55. The minimum absolute atomic E-state index is 0.0145. The van der Waals surface area contributed by atoms with Crippen molar-refractivity contribution in [3.63, 3.8) is 0 Å². The number of rotatable bonds is 11. The predicted molar refractivity (Wildman–Crippen MR) is 136 cm³/mol. The van der Waals surface area contributed by atoms with E-state index in [0.717, 1.165) is 36.8 Å². The maximum absolute atomic E-state index is 13.3. The van der Waals surface area contributed by atoms with Gasteiger partial charge in [-0.3, -0.25) is 4.79 Å². The Bertz CT molecular complexity index is 932. The summed E-state index contributed by atoms with van der Waals surface area (Å²) < 4.78 is 24.3. The first-order valence-electron chi connectivity index (χ1n) is 12.9. The molecule has 0 bridgehead atoms. The van der Waals surface area contributed by atoms with Gasteiger partial charge in [0.2, 0.25) is 0 Å². The molecular weight excluding hydrogens is 440 g/mol. The molecule has 0 unspecified atom stereocenters. The van der Waals surface area contributed by atoms with Crippen molar-refractivity contribution < 1.29 is 23.7 Å². The van der Waals surface area contributed by atoms with Crippen LogP contribution in [0.2, 0.25) is 0 Å². The van der Waals surface area contributed by atoms with Crippen molar-refractivity contribution >= 4 is 5.78 Å². The molecule has 35 heavy (non-hydrogen) atoms. The van der Waals surface area contributed by atoms with Crippen LogP contribution in [0.4, 0.5) is 0 Å². The summed E-state index contributed by atoms with van der Waals surface area (Å²) in [5.41, 5.74) is 1.64. The largest absolute Gasteiger partial charge is 0.377 e. The number of hydrogen-bond donors (Lipinski definition) is 0. The van der Waals surface area contributed by atoms with Crippen molar-refractivity contribution in [2.24, 2.45) is 16.7 Å². The molecule has 2 saturated carbocycles. The van der Waals surface area contributed by atoms with Gasteiger partial charge in [-0.1, -0.05) is 74.5 Å². The highest BCUT2D eigenvalue weighted by molar-refractivity contribution is 5.86. The number of carbonyl (C=O) groups is 1. The third kappa shape index (κ3) is 5.86. The van der Waals surface area contributed by atoms with Crippen LogP contribution in [0.25, 0.3) is 0 Å². The van der Waals surface area contributed by atoms with Gasteiger partial charge in [0.05, 0.1) is 25.4 Å². The van der Waals surface area contributed by atoms with Gasteiger partial charge in [0.25, 0.3) is 0 Å². The standard InChI is InChI=1S/C30H40O5/c1-29-17-16-27(34-21-24-12-8-5-9-13-24)30(2,18-19-33-20-23-10-6-4-7-11-23)28(29)25(35-22-32-3)14-15-26(29)31/h4-13,25,27-28H,14-22H2,1-3H3/t25-,27-,28+,29+,30-/m1/s1. The van der Waals surface area contributed by atoms with Crippen molar-refractivity contribution in [2.45, 2.75) is 71.4 Å². The first-order valence-corrected chi connectivity index (χ1v) is 12.9. The van der Waals surface area contributed by atoms with E-state index in [1.165, 1.54) is 0 Å². The zero-order valence-corrected chi connectivity index (χ0v) is 21.4. The van der Waals surface area contributed by atoms with Gasteiger partial charge >= 0.3 is 0 Å². The summed E-state index contributed by atoms with van der Waals surface area (Å²) in [5, 5.41) is 0. The number of ether oxygens (including phenoxy) is 4. The fourth-order valence-electron chi connectivity index (χ4n) is 6.47. The van der Waals surface area contributed by atoms with Crippen molar-refractivity contribution in [1.29, 1.82) is 0 Å². The number of carbonyl (C=O) groups excluding carboxylic acids is 1. The van der Waals surface area contributed by atoms with E-state index in [0.29, 0.717) is 32.0 Å². The molecule has 2 fully saturated rings. The second-order valence-electron chi connectivity index (χ2n) is 10.6. The molecule has 0 spiro atoms. The van der Waals surface area contributed by atoms with Crippen LogP contribution in [0.5, 0.6) is 0 Å². The average molecular weight is 481 g/mol. The highest BCUT2D eigenvalue weighted by Crippen LogP contribution is 2.59. The second-order valence-corrected chi connectivity index (χ2v) is 10.6. The van der Waals surface area contributed by atoms with E-state index in [-0.39, 0.29) is 30.3 Å². The molecule has 0 aliphatic heterocycles. The molecule has 5 atom stereocenters. The molecule has 0 N–H and O–H groups in total. The minimum Gasteiger partial charge on any atom is -0.377 e. The van der Waals surface area contributed by atoms with Gasteiger partial charge in [0, 0.05) is 36.9 Å². The number of Topliss-reactive ketones (excluding diaryl/α,β-unsaturated/α-hetero) is 1. The SMILES string of the molecule is COCO[C@@H]1CCC(=O)[C@]2(C)CC[C@@H](OCc3ccccc3)[C@@](C)(CCOCc3ccccc3)[C@@H]12. The third-order valence-electron chi connectivity index (χ3n) is 8.31. The quantitative estimate of drug-likeness (QED) is 0.294. The molecule has 0 aromatic heterocycles. The van der Waals surface area contributed by atoms with E-state index >= 15 is 0 Å². The van der Waals surface area contributed by atoms with Gasteiger partial charge in [-0.05, 0) is 36.8 Å². The Morgan fingerprint density at radius 3 is 2.20 bits per heavy atom. The molecule has 0 radical (unpaired) electrons. The van der Waals surface area contributed by atoms with Gasteiger partial charge < -0.3 is 18.9 Å². The molecule has 2 aliphatic rings. The molecule has 5 nitrogen and oxygen atoms in total. The minimum atomic E-state index is -0.419. The monoisotopic (exact) mass is 480 g/mol. The average Bonchev–Trinajstić information content (AvgIpc) is 2.88. The second kappa shape index (κ2) is 11.8.